The van der Waals surface area contributed by atoms with Crippen LogP contribution in [0.5, 0.6) is 0 Å². The molecule has 25 heavy (non-hydrogen) atoms. The van der Waals surface area contributed by atoms with E-state index in [0.29, 0.717) is 17.2 Å². The third kappa shape index (κ3) is 6.23. The third-order valence-corrected chi connectivity index (χ3v) is 3.57. The largest absolute Gasteiger partial charge is 0.468 e. The number of thiocarbonyl (C=S) groups is 1. The van der Waals surface area contributed by atoms with Gasteiger partial charge in [0, 0.05) is 17.8 Å². The van der Waals surface area contributed by atoms with Crippen LogP contribution in [0.3, 0.4) is 0 Å². The van der Waals surface area contributed by atoms with E-state index in [4.69, 9.17) is 12.2 Å². The summed E-state index contributed by atoms with van der Waals surface area (Å²) in [5.41, 5.74) is 2.33. The van der Waals surface area contributed by atoms with Crippen LogP contribution < -0.4 is 16.0 Å². The average Bonchev–Trinajstić information content (AvgIpc) is 2.65. The lowest BCUT2D eigenvalue weighted by Crippen LogP contribution is -2.30. The number of rotatable bonds is 6. The molecule has 0 saturated carbocycles. The molecule has 0 aromatic heterocycles. The lowest BCUT2D eigenvalue weighted by Gasteiger charge is -2.11. The van der Waals surface area contributed by atoms with E-state index in [-0.39, 0.29) is 12.5 Å². The maximum absolute atomic E-state index is 11.9. The van der Waals surface area contributed by atoms with Gasteiger partial charge >= 0.3 is 5.97 Å². The molecule has 7 heteroatoms. The van der Waals surface area contributed by atoms with Crippen molar-refractivity contribution in [3.05, 3.63) is 65.7 Å². The van der Waals surface area contributed by atoms with Crippen LogP contribution in [0.25, 0.3) is 0 Å². The summed E-state index contributed by atoms with van der Waals surface area (Å²) >= 11 is 5.25. The smallest absolute Gasteiger partial charge is 0.325 e. The number of anilines is 1. The zero-order chi connectivity index (χ0) is 18.1. The van der Waals surface area contributed by atoms with E-state index in [2.05, 4.69) is 20.7 Å². The number of carbonyl (C=O) groups is 2. The monoisotopic (exact) mass is 357 g/mol. The van der Waals surface area contributed by atoms with Gasteiger partial charge in [0.2, 0.25) is 0 Å². The predicted octanol–water partition coefficient (Wildman–Crippen LogP) is 2.08. The summed E-state index contributed by atoms with van der Waals surface area (Å²) in [6, 6.07) is 16.7. The van der Waals surface area contributed by atoms with E-state index >= 15 is 0 Å². The van der Waals surface area contributed by atoms with E-state index in [0.717, 1.165) is 11.3 Å². The van der Waals surface area contributed by atoms with Crippen molar-refractivity contribution in [3.63, 3.8) is 0 Å². The highest BCUT2D eigenvalue weighted by Crippen LogP contribution is 2.09. The van der Waals surface area contributed by atoms with E-state index < -0.39 is 5.97 Å². The molecule has 0 unspecified atom stereocenters. The van der Waals surface area contributed by atoms with Crippen molar-refractivity contribution in [2.24, 2.45) is 0 Å². The molecule has 3 N–H and O–H groups in total. The molecule has 2 rings (SSSR count). The molecule has 2 aromatic carbocycles. The molecule has 0 atom stereocenters. The molecule has 0 fully saturated rings. The molecule has 0 aliphatic heterocycles. The van der Waals surface area contributed by atoms with Gasteiger partial charge in [-0.1, -0.05) is 30.3 Å². The van der Waals surface area contributed by atoms with Crippen LogP contribution in [-0.2, 0) is 16.1 Å². The Bertz CT molecular complexity index is 733. The highest BCUT2D eigenvalue weighted by atomic mass is 32.1. The van der Waals surface area contributed by atoms with Gasteiger partial charge in [0.25, 0.3) is 5.91 Å². The van der Waals surface area contributed by atoms with Crippen molar-refractivity contribution in [3.8, 4) is 0 Å². The van der Waals surface area contributed by atoms with Crippen LogP contribution in [0.4, 0.5) is 5.69 Å². The summed E-state index contributed by atoms with van der Waals surface area (Å²) < 4.78 is 4.47. The first-order valence-electron chi connectivity index (χ1n) is 7.62. The van der Waals surface area contributed by atoms with Gasteiger partial charge in [-0.15, -0.1) is 0 Å². The molecular formula is C18H19N3O3S. The van der Waals surface area contributed by atoms with E-state index in [1.165, 1.54) is 7.11 Å². The number of esters is 1. The molecule has 0 saturated heterocycles. The molecule has 2 aromatic rings. The summed E-state index contributed by atoms with van der Waals surface area (Å²) in [5.74, 6) is -0.844. The van der Waals surface area contributed by atoms with Gasteiger partial charge in [0.05, 0.1) is 7.11 Å². The summed E-state index contributed by atoms with van der Waals surface area (Å²) in [5, 5.41) is 9.13. The molecule has 0 aliphatic carbocycles. The summed E-state index contributed by atoms with van der Waals surface area (Å²) in [6.45, 7) is 0.462. The number of hydrogen-bond acceptors (Lipinski definition) is 4. The number of nitrogens with one attached hydrogen (secondary N) is 3. The molecule has 0 heterocycles. The Morgan fingerprint density at radius 2 is 1.68 bits per heavy atom. The number of amides is 1. The van der Waals surface area contributed by atoms with Crippen molar-refractivity contribution in [1.29, 1.82) is 0 Å². The maximum atomic E-state index is 11.9. The maximum Gasteiger partial charge on any atom is 0.325 e. The van der Waals surface area contributed by atoms with Crippen LogP contribution in [0.15, 0.2) is 54.6 Å². The Kier molecular flexibility index (Phi) is 6.91. The fourth-order valence-corrected chi connectivity index (χ4v) is 2.18. The van der Waals surface area contributed by atoms with Crippen molar-refractivity contribution in [1.82, 2.24) is 10.6 Å². The Balaban J connectivity index is 1.82. The summed E-state index contributed by atoms with van der Waals surface area (Å²) in [4.78, 5) is 22.9. The van der Waals surface area contributed by atoms with Crippen molar-refractivity contribution in [2.75, 3.05) is 19.0 Å². The summed E-state index contributed by atoms with van der Waals surface area (Å²) in [6.07, 6.45) is 0. The first-order chi connectivity index (χ1) is 12.1. The first kappa shape index (κ1) is 18.4. The highest BCUT2D eigenvalue weighted by Gasteiger charge is 2.08. The quantitative estimate of drug-likeness (QED) is 0.543. The second-order valence-corrected chi connectivity index (χ2v) is 5.54. The van der Waals surface area contributed by atoms with Crippen molar-refractivity contribution < 1.29 is 14.3 Å². The minimum absolute atomic E-state index is 0.164. The second kappa shape index (κ2) is 9.39. The second-order valence-electron chi connectivity index (χ2n) is 5.13. The number of hydrogen-bond donors (Lipinski definition) is 3. The molecule has 0 radical (unpaired) electrons. The zero-order valence-electron chi connectivity index (χ0n) is 13.7. The highest BCUT2D eigenvalue weighted by molar-refractivity contribution is 7.80. The molecule has 0 spiro atoms. The van der Waals surface area contributed by atoms with Crippen molar-refractivity contribution >= 4 is 34.9 Å². The fraction of sp³-hybridized carbons (Fsp3) is 0.167. The number of ether oxygens (including phenoxy) is 1. The third-order valence-electron chi connectivity index (χ3n) is 3.32. The first-order valence-corrected chi connectivity index (χ1v) is 8.03. The lowest BCUT2D eigenvalue weighted by molar-refractivity contribution is -0.139. The lowest BCUT2D eigenvalue weighted by atomic mass is 10.2. The van der Waals surface area contributed by atoms with Gasteiger partial charge in [-0.25, -0.2) is 0 Å². The minimum atomic E-state index is -0.499. The van der Waals surface area contributed by atoms with Crippen LogP contribution in [0, 0.1) is 0 Å². The zero-order valence-corrected chi connectivity index (χ0v) is 14.6. The molecule has 0 aliphatic rings. The van der Waals surface area contributed by atoms with Crippen molar-refractivity contribution in [2.45, 2.75) is 6.54 Å². The van der Waals surface area contributed by atoms with Gasteiger partial charge in [0.15, 0.2) is 5.11 Å². The van der Waals surface area contributed by atoms with Crippen LogP contribution in [-0.4, -0.2) is 30.6 Å². The normalized spacial score (nSPS) is 9.80. The van der Waals surface area contributed by atoms with Gasteiger partial charge in [-0.2, -0.15) is 0 Å². The Morgan fingerprint density at radius 3 is 2.32 bits per heavy atom. The minimum Gasteiger partial charge on any atom is -0.468 e. The van der Waals surface area contributed by atoms with Gasteiger partial charge in [-0.3, -0.25) is 9.59 Å². The topological polar surface area (TPSA) is 79.5 Å². The predicted molar refractivity (Wildman–Crippen MR) is 100 cm³/mol. The standard InChI is InChI=1S/C18H19N3O3S/c1-24-16(22)12-19-17(23)14-7-9-15(10-8-14)21-18(25)20-11-13-5-3-2-4-6-13/h2-10H,11-12H2,1H3,(H,19,23)(H2,20,21,25). The number of benzene rings is 2. The molecular weight excluding hydrogens is 338 g/mol. The van der Waals surface area contributed by atoms with Gasteiger partial charge < -0.3 is 20.7 Å². The number of carbonyl (C=O) groups excluding carboxylic acids is 2. The molecule has 1 amide bonds. The van der Waals surface area contributed by atoms with E-state index in [1.807, 2.05) is 30.3 Å². The Morgan fingerprint density at radius 1 is 1.00 bits per heavy atom. The number of methoxy groups -OCH3 is 1. The Hall–Kier alpha value is -2.93. The van der Waals surface area contributed by atoms with Gasteiger partial charge in [0.1, 0.15) is 6.54 Å². The van der Waals surface area contributed by atoms with Crippen LogP contribution in [0.2, 0.25) is 0 Å². The van der Waals surface area contributed by atoms with E-state index in [9.17, 15) is 9.59 Å². The molecule has 6 nitrogen and oxygen atoms in total. The van der Waals surface area contributed by atoms with E-state index in [1.54, 1.807) is 24.3 Å². The van der Waals surface area contributed by atoms with Gasteiger partial charge in [-0.05, 0) is 42.0 Å². The molecule has 0 bridgehead atoms. The molecule has 130 valence electrons. The average molecular weight is 357 g/mol. The van der Waals surface area contributed by atoms with Crippen LogP contribution >= 0.6 is 12.2 Å². The summed E-state index contributed by atoms with van der Waals surface area (Å²) in [7, 11) is 1.27. The van der Waals surface area contributed by atoms with Crippen LogP contribution in [0.1, 0.15) is 15.9 Å². The Labute approximate surface area is 151 Å². The fourth-order valence-electron chi connectivity index (χ4n) is 1.99. The SMILES string of the molecule is COC(=O)CNC(=O)c1ccc(NC(=S)NCc2ccccc2)cc1.